The van der Waals surface area contributed by atoms with Gasteiger partial charge >= 0.3 is 0 Å². The molecule has 2 aromatic rings. The Morgan fingerprint density at radius 3 is 3.19 bits per heavy atom. The summed E-state index contributed by atoms with van der Waals surface area (Å²) in [5.41, 5.74) is 8.04. The van der Waals surface area contributed by atoms with Gasteiger partial charge in [-0.3, -0.25) is 9.69 Å². The van der Waals surface area contributed by atoms with Crippen LogP contribution in [0.15, 0.2) is 24.4 Å². The third-order valence-corrected chi connectivity index (χ3v) is 4.35. The highest BCUT2D eigenvalue weighted by Gasteiger charge is 2.23. The molecule has 1 saturated heterocycles. The van der Waals surface area contributed by atoms with Crippen LogP contribution in [0.25, 0.3) is 10.9 Å². The van der Waals surface area contributed by atoms with E-state index in [0.717, 1.165) is 24.0 Å². The maximum atomic E-state index is 12.4. The Morgan fingerprint density at radius 2 is 2.38 bits per heavy atom. The molecule has 0 radical (unpaired) electrons. The van der Waals surface area contributed by atoms with Gasteiger partial charge in [0.1, 0.15) is 0 Å². The minimum Gasteiger partial charge on any atom is -0.399 e. The number of aromatic amines is 1. The van der Waals surface area contributed by atoms with Crippen LogP contribution in [-0.4, -0.2) is 41.5 Å². The molecule has 4 N–H and O–H groups in total. The number of carbonyl (C=O) groups excluding carboxylic acids is 1. The van der Waals surface area contributed by atoms with Crippen LogP contribution in [0.4, 0.5) is 5.69 Å². The number of hydrogen-bond donors (Lipinski definition) is 3. The van der Waals surface area contributed by atoms with Gasteiger partial charge in [0.15, 0.2) is 0 Å². The summed E-state index contributed by atoms with van der Waals surface area (Å²) in [5, 5.41) is 3.98. The van der Waals surface area contributed by atoms with E-state index in [1.807, 2.05) is 18.2 Å². The number of nitrogens with zero attached hydrogens (tertiary/aromatic N) is 1. The average Bonchev–Trinajstić information content (AvgIpc) is 3.10. The molecule has 0 spiro atoms. The Balaban J connectivity index is 1.69. The molecule has 0 saturated carbocycles. The van der Waals surface area contributed by atoms with Crippen molar-refractivity contribution in [3.8, 4) is 0 Å². The molecule has 21 heavy (non-hydrogen) atoms. The second-order valence-electron chi connectivity index (χ2n) is 5.64. The Morgan fingerprint density at radius 1 is 1.52 bits per heavy atom. The van der Waals surface area contributed by atoms with E-state index in [1.165, 1.54) is 12.8 Å². The number of nitrogens with two attached hydrogens (primary N) is 1. The zero-order chi connectivity index (χ0) is 14.8. The largest absolute Gasteiger partial charge is 0.399 e. The molecule has 5 nitrogen and oxygen atoms in total. The van der Waals surface area contributed by atoms with Crippen molar-refractivity contribution in [1.82, 2.24) is 15.2 Å². The maximum Gasteiger partial charge on any atom is 0.253 e. The Hall–Kier alpha value is -2.01. The fourth-order valence-electron chi connectivity index (χ4n) is 3.18. The molecule has 5 heteroatoms. The first-order valence-corrected chi connectivity index (χ1v) is 7.58. The first-order chi connectivity index (χ1) is 10.2. The van der Waals surface area contributed by atoms with Crippen molar-refractivity contribution < 1.29 is 4.79 Å². The van der Waals surface area contributed by atoms with E-state index < -0.39 is 0 Å². The lowest BCUT2D eigenvalue weighted by Crippen LogP contribution is -2.39. The Kier molecular flexibility index (Phi) is 3.84. The lowest BCUT2D eigenvalue weighted by atomic mass is 10.1. The Labute approximate surface area is 124 Å². The van der Waals surface area contributed by atoms with Crippen LogP contribution in [0.1, 0.15) is 30.1 Å². The molecule has 1 aromatic heterocycles. The molecule has 1 aliphatic heterocycles. The van der Waals surface area contributed by atoms with Crippen molar-refractivity contribution in [2.45, 2.75) is 25.8 Å². The summed E-state index contributed by atoms with van der Waals surface area (Å²) in [6.45, 7) is 5.08. The molecule has 1 amide bonds. The average molecular weight is 286 g/mol. The standard InChI is InChI=1S/C16H22N4O/c1-2-20-7-3-4-12(20)9-19-16(21)14-10-18-15-8-11(17)5-6-13(14)15/h5-6,8,10,12,18H,2-4,7,9,17H2,1H3,(H,19,21). The van der Waals surface area contributed by atoms with E-state index in [9.17, 15) is 4.79 Å². The summed E-state index contributed by atoms with van der Waals surface area (Å²) < 4.78 is 0. The molecule has 1 aliphatic rings. The second-order valence-corrected chi connectivity index (χ2v) is 5.64. The molecular formula is C16H22N4O. The van der Waals surface area contributed by atoms with Crippen molar-refractivity contribution in [2.24, 2.45) is 0 Å². The van der Waals surface area contributed by atoms with Crippen LogP contribution < -0.4 is 11.1 Å². The number of benzene rings is 1. The summed E-state index contributed by atoms with van der Waals surface area (Å²) in [6.07, 6.45) is 4.14. The number of anilines is 1. The lowest BCUT2D eigenvalue weighted by molar-refractivity contribution is 0.0943. The smallest absolute Gasteiger partial charge is 0.253 e. The summed E-state index contributed by atoms with van der Waals surface area (Å²) in [6, 6.07) is 6.04. The predicted molar refractivity (Wildman–Crippen MR) is 85.3 cm³/mol. The number of H-pyrrole nitrogens is 1. The molecule has 3 rings (SSSR count). The highest BCUT2D eigenvalue weighted by atomic mass is 16.1. The van der Waals surface area contributed by atoms with E-state index in [4.69, 9.17) is 5.73 Å². The van der Waals surface area contributed by atoms with E-state index in [2.05, 4.69) is 22.1 Å². The first kappa shape index (κ1) is 13.9. The number of rotatable bonds is 4. The van der Waals surface area contributed by atoms with E-state index in [1.54, 1.807) is 6.20 Å². The molecule has 2 heterocycles. The zero-order valence-electron chi connectivity index (χ0n) is 12.4. The lowest BCUT2D eigenvalue weighted by Gasteiger charge is -2.22. The summed E-state index contributed by atoms with van der Waals surface area (Å²) in [4.78, 5) is 17.9. The molecule has 1 aromatic carbocycles. The first-order valence-electron chi connectivity index (χ1n) is 7.58. The maximum absolute atomic E-state index is 12.4. The molecule has 1 unspecified atom stereocenters. The van der Waals surface area contributed by atoms with Crippen LogP contribution >= 0.6 is 0 Å². The normalized spacial score (nSPS) is 19.2. The molecule has 1 fully saturated rings. The highest BCUT2D eigenvalue weighted by Crippen LogP contribution is 2.21. The topological polar surface area (TPSA) is 74.2 Å². The number of hydrogen-bond acceptors (Lipinski definition) is 3. The van der Waals surface area contributed by atoms with Crippen LogP contribution in [0, 0.1) is 0 Å². The van der Waals surface area contributed by atoms with E-state index in [0.29, 0.717) is 23.8 Å². The predicted octanol–water partition coefficient (Wildman–Crippen LogP) is 1.96. The monoisotopic (exact) mass is 286 g/mol. The number of aromatic nitrogens is 1. The van der Waals surface area contributed by atoms with Crippen LogP contribution in [0.2, 0.25) is 0 Å². The quantitative estimate of drug-likeness (QED) is 0.752. The van der Waals surface area contributed by atoms with Gasteiger partial charge in [-0.2, -0.15) is 0 Å². The van der Waals surface area contributed by atoms with Gasteiger partial charge in [-0.1, -0.05) is 6.92 Å². The number of likely N-dealkylation sites (N-methyl/N-ethyl adjacent to an activating group) is 1. The van der Waals surface area contributed by atoms with Gasteiger partial charge in [0.25, 0.3) is 5.91 Å². The van der Waals surface area contributed by atoms with Crippen molar-refractivity contribution in [3.63, 3.8) is 0 Å². The van der Waals surface area contributed by atoms with Crippen LogP contribution in [0.5, 0.6) is 0 Å². The SMILES string of the molecule is CCN1CCCC1CNC(=O)c1c[nH]c2cc(N)ccc12. The summed E-state index contributed by atoms with van der Waals surface area (Å²) in [5.74, 6) is -0.0195. The van der Waals surface area contributed by atoms with Gasteiger partial charge in [-0.05, 0) is 44.1 Å². The van der Waals surface area contributed by atoms with Crippen molar-refractivity contribution in [2.75, 3.05) is 25.4 Å². The van der Waals surface area contributed by atoms with E-state index in [-0.39, 0.29) is 5.91 Å². The minimum atomic E-state index is -0.0195. The van der Waals surface area contributed by atoms with Gasteiger partial charge in [-0.25, -0.2) is 0 Å². The molecule has 1 atom stereocenters. The fraction of sp³-hybridized carbons (Fsp3) is 0.438. The van der Waals surface area contributed by atoms with Gasteiger partial charge in [0, 0.05) is 35.4 Å². The van der Waals surface area contributed by atoms with Gasteiger partial charge in [0.2, 0.25) is 0 Å². The number of nitrogen functional groups attached to an aromatic ring is 1. The summed E-state index contributed by atoms with van der Waals surface area (Å²) in [7, 11) is 0. The third kappa shape index (κ3) is 2.74. The number of fused-ring (bicyclic) bond motifs is 1. The fourth-order valence-corrected chi connectivity index (χ4v) is 3.18. The van der Waals surface area contributed by atoms with Gasteiger partial charge in [-0.15, -0.1) is 0 Å². The molecule has 0 bridgehead atoms. The zero-order valence-corrected chi connectivity index (χ0v) is 12.4. The van der Waals surface area contributed by atoms with Crippen molar-refractivity contribution in [3.05, 3.63) is 30.0 Å². The number of nitrogens with one attached hydrogen (secondary N) is 2. The molecular weight excluding hydrogens is 264 g/mol. The highest BCUT2D eigenvalue weighted by molar-refractivity contribution is 6.07. The van der Waals surface area contributed by atoms with Crippen LogP contribution in [-0.2, 0) is 0 Å². The van der Waals surface area contributed by atoms with E-state index >= 15 is 0 Å². The van der Waals surface area contributed by atoms with Crippen LogP contribution in [0.3, 0.4) is 0 Å². The second kappa shape index (κ2) is 5.77. The number of carbonyl (C=O) groups is 1. The van der Waals surface area contributed by atoms with Crippen molar-refractivity contribution >= 4 is 22.5 Å². The third-order valence-electron chi connectivity index (χ3n) is 4.35. The number of likely N-dealkylation sites (tertiary alicyclic amines) is 1. The minimum absolute atomic E-state index is 0.0195. The van der Waals surface area contributed by atoms with Gasteiger partial charge in [0.05, 0.1) is 5.56 Å². The molecule has 0 aliphatic carbocycles. The van der Waals surface area contributed by atoms with Crippen molar-refractivity contribution in [1.29, 1.82) is 0 Å². The summed E-state index contributed by atoms with van der Waals surface area (Å²) >= 11 is 0. The van der Waals surface area contributed by atoms with Gasteiger partial charge < -0.3 is 16.0 Å². The Bertz CT molecular complexity index is 649. The number of amides is 1. The molecule has 112 valence electrons.